The lowest BCUT2D eigenvalue weighted by Gasteiger charge is -2.22. The standard InChI is InChI=1S/C27H31N5O4S/c1-3-35-22-7-5-4-6-19(22)9-11-24(33)32-26-21(15-28)20-10-8-18(14-23(20)37-26)16-36-27(34)31-17(2)25-29-12-13-30-25/h4-7,12-13,17-18H,3,8-11,14,16H2,1-2H3,(H,29,30)(H,31,34)(H,32,33). The molecule has 2 aromatic heterocycles. The number of nitrogens with one attached hydrogen (secondary N) is 3. The van der Waals surface area contributed by atoms with Gasteiger partial charge in [-0.25, -0.2) is 9.78 Å². The molecule has 2 unspecified atom stereocenters. The second-order valence-corrected chi connectivity index (χ2v) is 10.1. The van der Waals surface area contributed by atoms with E-state index in [4.69, 9.17) is 9.47 Å². The number of benzene rings is 1. The van der Waals surface area contributed by atoms with E-state index in [2.05, 4.69) is 26.7 Å². The summed E-state index contributed by atoms with van der Waals surface area (Å²) in [6, 6.07) is 9.71. The van der Waals surface area contributed by atoms with E-state index in [1.54, 1.807) is 12.4 Å². The summed E-state index contributed by atoms with van der Waals surface area (Å²) in [7, 11) is 0. The summed E-state index contributed by atoms with van der Waals surface area (Å²) in [4.78, 5) is 33.1. The Balaban J connectivity index is 1.31. The number of hydrogen-bond acceptors (Lipinski definition) is 7. The summed E-state index contributed by atoms with van der Waals surface area (Å²) in [6.07, 6.45) is 5.91. The number of rotatable bonds is 10. The molecule has 0 spiro atoms. The zero-order chi connectivity index (χ0) is 26.2. The number of fused-ring (bicyclic) bond motifs is 1. The van der Waals surface area contributed by atoms with Gasteiger partial charge < -0.3 is 25.1 Å². The van der Waals surface area contributed by atoms with Crippen molar-refractivity contribution in [3.05, 3.63) is 64.1 Å². The van der Waals surface area contributed by atoms with Crippen molar-refractivity contribution in [2.45, 2.75) is 52.0 Å². The van der Waals surface area contributed by atoms with Gasteiger partial charge in [-0.3, -0.25) is 4.79 Å². The fraction of sp³-hybridized carbons (Fsp3) is 0.407. The number of ether oxygens (including phenoxy) is 2. The van der Waals surface area contributed by atoms with Crippen LogP contribution in [0.4, 0.5) is 9.80 Å². The highest BCUT2D eigenvalue weighted by Gasteiger charge is 2.27. The molecule has 2 atom stereocenters. The number of anilines is 1. The number of H-pyrrole nitrogens is 1. The summed E-state index contributed by atoms with van der Waals surface area (Å²) in [5, 5.41) is 16.1. The zero-order valence-electron chi connectivity index (χ0n) is 21.0. The Kier molecular flexibility index (Phi) is 8.80. The van der Waals surface area contributed by atoms with Gasteiger partial charge in [-0.15, -0.1) is 11.3 Å². The Bertz CT molecular complexity index is 1260. The molecule has 0 aliphatic heterocycles. The topological polar surface area (TPSA) is 129 Å². The molecule has 0 saturated heterocycles. The van der Waals surface area contributed by atoms with Crippen LogP contribution in [0.3, 0.4) is 0 Å². The molecule has 2 heterocycles. The summed E-state index contributed by atoms with van der Waals surface area (Å²) in [5.41, 5.74) is 2.53. The molecular formula is C27H31N5O4S. The quantitative estimate of drug-likeness (QED) is 0.348. The minimum atomic E-state index is -0.488. The zero-order valence-corrected chi connectivity index (χ0v) is 21.8. The van der Waals surface area contributed by atoms with Crippen LogP contribution < -0.4 is 15.4 Å². The molecule has 0 radical (unpaired) electrons. The number of amides is 2. The van der Waals surface area contributed by atoms with Crippen LogP contribution in [-0.2, 0) is 28.8 Å². The monoisotopic (exact) mass is 521 g/mol. The molecule has 3 aromatic rings. The number of carbonyl (C=O) groups is 2. The van der Waals surface area contributed by atoms with Crippen LogP contribution >= 0.6 is 11.3 Å². The van der Waals surface area contributed by atoms with Crippen molar-refractivity contribution in [3.8, 4) is 11.8 Å². The molecule has 0 saturated carbocycles. The molecule has 9 nitrogen and oxygen atoms in total. The Morgan fingerprint density at radius 3 is 2.95 bits per heavy atom. The average molecular weight is 522 g/mol. The van der Waals surface area contributed by atoms with Crippen LogP contribution in [0.25, 0.3) is 0 Å². The van der Waals surface area contributed by atoms with E-state index in [1.165, 1.54) is 11.3 Å². The van der Waals surface area contributed by atoms with Gasteiger partial charge in [-0.2, -0.15) is 5.26 Å². The van der Waals surface area contributed by atoms with Crippen molar-refractivity contribution >= 4 is 28.3 Å². The number of nitrogens with zero attached hydrogens (tertiary/aromatic N) is 2. The third kappa shape index (κ3) is 6.68. The first-order valence-electron chi connectivity index (χ1n) is 12.5. The molecule has 37 heavy (non-hydrogen) atoms. The molecule has 10 heteroatoms. The second-order valence-electron chi connectivity index (χ2n) is 8.96. The lowest BCUT2D eigenvalue weighted by molar-refractivity contribution is -0.116. The fourth-order valence-electron chi connectivity index (χ4n) is 4.44. The van der Waals surface area contributed by atoms with Crippen LogP contribution in [0.15, 0.2) is 36.7 Å². The van der Waals surface area contributed by atoms with Gasteiger partial charge in [0.05, 0.1) is 24.8 Å². The fourth-order valence-corrected chi connectivity index (χ4v) is 5.77. The molecular weight excluding hydrogens is 490 g/mol. The number of hydrogen-bond donors (Lipinski definition) is 3. The molecule has 1 aliphatic rings. The number of aromatic nitrogens is 2. The van der Waals surface area contributed by atoms with Crippen LogP contribution in [0.1, 0.15) is 60.1 Å². The third-order valence-electron chi connectivity index (χ3n) is 6.34. The first-order valence-corrected chi connectivity index (χ1v) is 13.3. The number of carbonyl (C=O) groups excluding carboxylic acids is 2. The summed E-state index contributed by atoms with van der Waals surface area (Å²) < 4.78 is 11.1. The van der Waals surface area contributed by atoms with Gasteiger partial charge in [0.2, 0.25) is 5.91 Å². The number of imidazole rings is 1. The number of para-hydroxylation sites is 1. The number of alkyl carbamates (subject to hydrolysis) is 1. The number of nitriles is 1. The van der Waals surface area contributed by atoms with Crippen LogP contribution in [0.5, 0.6) is 5.75 Å². The molecule has 2 amide bonds. The summed E-state index contributed by atoms with van der Waals surface area (Å²) in [6.45, 7) is 4.61. The van der Waals surface area contributed by atoms with E-state index in [0.29, 0.717) is 48.7 Å². The van der Waals surface area contributed by atoms with Gasteiger partial charge in [-0.05, 0) is 62.6 Å². The molecule has 194 valence electrons. The maximum atomic E-state index is 12.7. The van der Waals surface area contributed by atoms with Crippen LogP contribution in [-0.4, -0.2) is 35.2 Å². The predicted octanol–water partition coefficient (Wildman–Crippen LogP) is 4.91. The van der Waals surface area contributed by atoms with Crippen molar-refractivity contribution in [3.63, 3.8) is 0 Å². The number of thiophene rings is 1. The van der Waals surface area contributed by atoms with E-state index in [1.807, 2.05) is 38.1 Å². The van der Waals surface area contributed by atoms with Crippen LogP contribution in [0.2, 0.25) is 0 Å². The Morgan fingerprint density at radius 2 is 2.19 bits per heavy atom. The molecule has 4 rings (SSSR count). The van der Waals surface area contributed by atoms with Crippen molar-refractivity contribution in [1.82, 2.24) is 15.3 Å². The third-order valence-corrected chi connectivity index (χ3v) is 7.51. The van der Waals surface area contributed by atoms with Crippen LogP contribution in [0, 0.1) is 17.2 Å². The molecule has 1 aromatic carbocycles. The number of aromatic amines is 1. The highest BCUT2D eigenvalue weighted by molar-refractivity contribution is 7.16. The lowest BCUT2D eigenvalue weighted by atomic mass is 9.88. The smallest absolute Gasteiger partial charge is 0.407 e. The minimum Gasteiger partial charge on any atom is -0.494 e. The van der Waals surface area contributed by atoms with Gasteiger partial charge in [-0.1, -0.05) is 18.2 Å². The van der Waals surface area contributed by atoms with Gasteiger partial charge in [0.25, 0.3) is 0 Å². The van der Waals surface area contributed by atoms with Crippen molar-refractivity contribution in [2.24, 2.45) is 5.92 Å². The van der Waals surface area contributed by atoms with E-state index in [9.17, 15) is 14.9 Å². The first kappa shape index (κ1) is 26.2. The molecule has 0 fully saturated rings. The second kappa shape index (κ2) is 12.4. The maximum absolute atomic E-state index is 12.7. The largest absolute Gasteiger partial charge is 0.494 e. The van der Waals surface area contributed by atoms with Crippen molar-refractivity contribution < 1.29 is 19.1 Å². The van der Waals surface area contributed by atoms with E-state index >= 15 is 0 Å². The summed E-state index contributed by atoms with van der Waals surface area (Å²) in [5.74, 6) is 1.47. The Hall–Kier alpha value is -3.84. The average Bonchev–Trinajstić information content (AvgIpc) is 3.55. The van der Waals surface area contributed by atoms with Gasteiger partial charge in [0, 0.05) is 23.7 Å². The van der Waals surface area contributed by atoms with Gasteiger partial charge in [0.1, 0.15) is 22.6 Å². The van der Waals surface area contributed by atoms with Gasteiger partial charge >= 0.3 is 6.09 Å². The van der Waals surface area contributed by atoms with E-state index < -0.39 is 6.09 Å². The van der Waals surface area contributed by atoms with E-state index in [-0.39, 0.29) is 24.5 Å². The summed E-state index contributed by atoms with van der Waals surface area (Å²) >= 11 is 1.45. The van der Waals surface area contributed by atoms with Crippen molar-refractivity contribution in [1.29, 1.82) is 5.26 Å². The molecule has 3 N–H and O–H groups in total. The highest BCUT2D eigenvalue weighted by Crippen LogP contribution is 2.39. The number of aryl methyl sites for hydroxylation is 1. The Labute approximate surface area is 220 Å². The van der Waals surface area contributed by atoms with E-state index in [0.717, 1.165) is 28.2 Å². The lowest BCUT2D eigenvalue weighted by Crippen LogP contribution is -2.30. The Morgan fingerprint density at radius 1 is 1.35 bits per heavy atom. The normalized spacial score (nSPS) is 15.2. The maximum Gasteiger partial charge on any atom is 0.407 e. The minimum absolute atomic E-state index is 0.136. The molecule has 1 aliphatic carbocycles. The predicted molar refractivity (Wildman–Crippen MR) is 141 cm³/mol. The van der Waals surface area contributed by atoms with Crippen molar-refractivity contribution in [2.75, 3.05) is 18.5 Å². The molecule has 0 bridgehead atoms. The first-order chi connectivity index (χ1) is 18.0. The SMILES string of the molecule is CCOc1ccccc1CCC(=O)Nc1sc2c(c1C#N)CCC(COC(=O)NC(C)c1ncc[nH]1)C2. The van der Waals surface area contributed by atoms with Gasteiger partial charge in [0.15, 0.2) is 0 Å². The highest BCUT2D eigenvalue weighted by atomic mass is 32.1.